The molecule has 104 valence electrons. The van der Waals surface area contributed by atoms with E-state index in [9.17, 15) is 4.79 Å². The van der Waals surface area contributed by atoms with Gasteiger partial charge in [0.1, 0.15) is 0 Å². The highest BCUT2D eigenvalue weighted by atomic mass is 16.2. The zero-order valence-corrected chi connectivity index (χ0v) is 11.2. The van der Waals surface area contributed by atoms with Crippen molar-refractivity contribution in [2.45, 2.75) is 25.7 Å². The first-order chi connectivity index (χ1) is 9.28. The highest BCUT2D eigenvalue weighted by Crippen LogP contribution is 2.16. The molecular weight excluding hydrogens is 240 g/mol. The Kier molecular flexibility index (Phi) is 5.36. The molecule has 0 aliphatic carbocycles. The summed E-state index contributed by atoms with van der Waals surface area (Å²) in [5.74, 6) is 0.547. The van der Waals surface area contributed by atoms with Crippen molar-refractivity contribution in [3.05, 3.63) is 29.8 Å². The van der Waals surface area contributed by atoms with Crippen molar-refractivity contribution in [2.24, 2.45) is 5.92 Å². The molecule has 0 saturated carbocycles. The number of rotatable bonds is 5. The van der Waals surface area contributed by atoms with Crippen LogP contribution in [-0.2, 0) is 11.2 Å². The van der Waals surface area contributed by atoms with Crippen LogP contribution in [-0.4, -0.2) is 30.7 Å². The number of carbonyl (C=O) groups excluding carboxylic acids is 1. The summed E-state index contributed by atoms with van der Waals surface area (Å²) in [6.07, 6.45) is 3.54. The average molecular weight is 262 g/mol. The van der Waals surface area contributed by atoms with Crippen molar-refractivity contribution in [1.29, 1.82) is 0 Å². The lowest BCUT2D eigenvalue weighted by Gasteiger charge is -2.22. The average Bonchev–Trinajstić information content (AvgIpc) is 2.42. The number of hydrogen-bond donors (Lipinski definition) is 3. The zero-order chi connectivity index (χ0) is 13.5. The largest absolute Gasteiger partial charge is 0.396 e. The van der Waals surface area contributed by atoms with Crippen LogP contribution >= 0.6 is 0 Å². The molecule has 1 atom stereocenters. The van der Waals surface area contributed by atoms with Gasteiger partial charge in [0, 0.05) is 18.7 Å². The van der Waals surface area contributed by atoms with Gasteiger partial charge in [-0.05, 0) is 56.0 Å². The van der Waals surface area contributed by atoms with Gasteiger partial charge in [-0.2, -0.15) is 0 Å². The molecule has 1 aliphatic rings. The number of anilines is 1. The van der Waals surface area contributed by atoms with Crippen LogP contribution < -0.4 is 10.6 Å². The van der Waals surface area contributed by atoms with Crippen LogP contribution in [0.1, 0.15) is 24.8 Å². The standard InChI is InChI=1S/C15H22N2O2/c18-9-7-12-3-5-14(6-4-12)17-15(19)10-13-2-1-8-16-11-13/h3-6,13,16,18H,1-2,7-11H2,(H,17,19). The fraction of sp³-hybridized carbons (Fsp3) is 0.533. The van der Waals surface area contributed by atoms with Crippen LogP contribution in [0, 0.1) is 5.92 Å². The van der Waals surface area contributed by atoms with Gasteiger partial charge in [0.15, 0.2) is 0 Å². The molecule has 4 nitrogen and oxygen atoms in total. The van der Waals surface area contributed by atoms with E-state index in [1.54, 1.807) is 0 Å². The number of aliphatic hydroxyl groups is 1. The minimum absolute atomic E-state index is 0.0867. The quantitative estimate of drug-likeness (QED) is 0.754. The van der Waals surface area contributed by atoms with Crippen LogP contribution in [0.2, 0.25) is 0 Å². The fourth-order valence-corrected chi connectivity index (χ4v) is 2.46. The molecule has 1 aromatic rings. The number of hydrogen-bond acceptors (Lipinski definition) is 3. The van der Waals surface area contributed by atoms with E-state index in [0.717, 1.165) is 37.2 Å². The minimum atomic E-state index is 0.0867. The molecule has 0 aromatic heterocycles. The van der Waals surface area contributed by atoms with Crippen molar-refractivity contribution in [1.82, 2.24) is 5.32 Å². The minimum Gasteiger partial charge on any atom is -0.396 e. The number of benzene rings is 1. The lowest BCUT2D eigenvalue weighted by Crippen LogP contribution is -2.32. The number of aliphatic hydroxyl groups excluding tert-OH is 1. The third-order valence-electron chi connectivity index (χ3n) is 3.51. The first-order valence-electron chi connectivity index (χ1n) is 6.98. The Labute approximate surface area is 114 Å². The molecule has 1 saturated heterocycles. The first kappa shape index (κ1) is 14.0. The van der Waals surface area contributed by atoms with E-state index in [0.29, 0.717) is 18.8 Å². The second kappa shape index (κ2) is 7.26. The monoisotopic (exact) mass is 262 g/mol. The Morgan fingerprint density at radius 1 is 1.37 bits per heavy atom. The first-order valence-corrected chi connectivity index (χ1v) is 6.98. The molecular formula is C15H22N2O2. The van der Waals surface area contributed by atoms with E-state index in [4.69, 9.17) is 5.11 Å². The predicted octanol–water partition coefficient (Wildman–Crippen LogP) is 1.55. The maximum atomic E-state index is 11.9. The van der Waals surface area contributed by atoms with Crippen LogP contribution in [0.5, 0.6) is 0 Å². The Morgan fingerprint density at radius 3 is 2.79 bits per heavy atom. The van der Waals surface area contributed by atoms with Crippen molar-refractivity contribution in [3.8, 4) is 0 Å². The van der Waals surface area contributed by atoms with E-state index in [1.165, 1.54) is 0 Å². The summed E-state index contributed by atoms with van der Waals surface area (Å²) < 4.78 is 0. The summed E-state index contributed by atoms with van der Waals surface area (Å²) in [6, 6.07) is 7.66. The lowest BCUT2D eigenvalue weighted by molar-refractivity contribution is -0.117. The van der Waals surface area contributed by atoms with Crippen molar-refractivity contribution < 1.29 is 9.90 Å². The van der Waals surface area contributed by atoms with Crippen LogP contribution in [0.3, 0.4) is 0 Å². The Balaban J connectivity index is 1.80. The van der Waals surface area contributed by atoms with E-state index in [-0.39, 0.29) is 12.5 Å². The molecule has 1 aromatic carbocycles. The highest BCUT2D eigenvalue weighted by molar-refractivity contribution is 5.90. The van der Waals surface area contributed by atoms with Gasteiger partial charge in [0.05, 0.1) is 0 Å². The van der Waals surface area contributed by atoms with Gasteiger partial charge < -0.3 is 15.7 Å². The van der Waals surface area contributed by atoms with E-state index in [2.05, 4.69) is 10.6 Å². The molecule has 19 heavy (non-hydrogen) atoms. The molecule has 1 fully saturated rings. The molecule has 0 bridgehead atoms. The van der Waals surface area contributed by atoms with Gasteiger partial charge in [-0.3, -0.25) is 4.79 Å². The third kappa shape index (κ3) is 4.65. The molecule has 1 heterocycles. The van der Waals surface area contributed by atoms with Gasteiger partial charge >= 0.3 is 0 Å². The summed E-state index contributed by atoms with van der Waals surface area (Å²) in [7, 11) is 0. The second-order valence-corrected chi connectivity index (χ2v) is 5.14. The van der Waals surface area contributed by atoms with Crippen molar-refractivity contribution in [2.75, 3.05) is 25.0 Å². The van der Waals surface area contributed by atoms with Crippen LogP contribution in [0.15, 0.2) is 24.3 Å². The molecule has 1 amide bonds. The Morgan fingerprint density at radius 2 is 2.16 bits per heavy atom. The summed E-state index contributed by atoms with van der Waals surface area (Å²) in [5.41, 5.74) is 1.91. The summed E-state index contributed by atoms with van der Waals surface area (Å²) in [6.45, 7) is 2.17. The van der Waals surface area contributed by atoms with Crippen LogP contribution in [0.4, 0.5) is 5.69 Å². The number of nitrogens with one attached hydrogen (secondary N) is 2. The SMILES string of the molecule is O=C(CC1CCCNC1)Nc1ccc(CCO)cc1. The fourth-order valence-electron chi connectivity index (χ4n) is 2.46. The molecule has 3 N–H and O–H groups in total. The van der Waals surface area contributed by atoms with Gasteiger partial charge in [-0.25, -0.2) is 0 Å². The zero-order valence-electron chi connectivity index (χ0n) is 11.2. The molecule has 0 radical (unpaired) electrons. The van der Waals surface area contributed by atoms with Gasteiger partial charge in [0.25, 0.3) is 0 Å². The Bertz CT molecular complexity index is 397. The topological polar surface area (TPSA) is 61.4 Å². The molecule has 1 aliphatic heterocycles. The van der Waals surface area contributed by atoms with E-state index in [1.807, 2.05) is 24.3 Å². The van der Waals surface area contributed by atoms with Crippen LogP contribution in [0.25, 0.3) is 0 Å². The third-order valence-corrected chi connectivity index (χ3v) is 3.51. The molecule has 4 heteroatoms. The smallest absolute Gasteiger partial charge is 0.224 e. The maximum Gasteiger partial charge on any atom is 0.224 e. The van der Waals surface area contributed by atoms with Gasteiger partial charge in [-0.15, -0.1) is 0 Å². The van der Waals surface area contributed by atoms with Gasteiger partial charge in [-0.1, -0.05) is 12.1 Å². The predicted molar refractivity (Wildman–Crippen MR) is 76.1 cm³/mol. The maximum absolute atomic E-state index is 11.9. The summed E-state index contributed by atoms with van der Waals surface area (Å²) in [4.78, 5) is 11.9. The number of amides is 1. The molecule has 0 spiro atoms. The molecule has 2 rings (SSSR count). The lowest BCUT2D eigenvalue weighted by atomic mass is 9.96. The summed E-state index contributed by atoms with van der Waals surface area (Å²) >= 11 is 0. The van der Waals surface area contributed by atoms with E-state index < -0.39 is 0 Å². The normalized spacial score (nSPS) is 19.1. The van der Waals surface area contributed by atoms with Gasteiger partial charge in [0.2, 0.25) is 5.91 Å². The highest BCUT2D eigenvalue weighted by Gasteiger charge is 2.16. The number of piperidine rings is 1. The number of carbonyl (C=O) groups is 1. The summed E-state index contributed by atoms with van der Waals surface area (Å²) in [5, 5.41) is 15.1. The van der Waals surface area contributed by atoms with E-state index >= 15 is 0 Å². The Hall–Kier alpha value is -1.39. The van der Waals surface area contributed by atoms with Crippen molar-refractivity contribution >= 4 is 11.6 Å². The molecule has 1 unspecified atom stereocenters. The van der Waals surface area contributed by atoms with Crippen molar-refractivity contribution in [3.63, 3.8) is 0 Å². The second-order valence-electron chi connectivity index (χ2n) is 5.14.